The molecule has 170 valence electrons. The summed E-state index contributed by atoms with van der Waals surface area (Å²) in [7, 11) is 1.57. The van der Waals surface area contributed by atoms with Gasteiger partial charge in [-0.15, -0.1) is 0 Å². The SMILES string of the molecule is CCOC(=O)C1=C(C)N=c2s/c(=C\c3cc(OC)ccc3Br)c(=O)n2[C@H]1c1ccc(F)cc1. The number of nitrogens with zero attached hydrogens (tertiary/aromatic N) is 2. The van der Waals surface area contributed by atoms with Crippen LogP contribution in [-0.4, -0.2) is 24.3 Å². The zero-order valence-corrected chi connectivity index (χ0v) is 20.5. The van der Waals surface area contributed by atoms with Gasteiger partial charge in [-0.1, -0.05) is 39.4 Å². The van der Waals surface area contributed by atoms with Crippen molar-refractivity contribution in [1.82, 2.24) is 4.57 Å². The molecule has 0 fully saturated rings. The molecule has 6 nitrogen and oxygen atoms in total. The van der Waals surface area contributed by atoms with E-state index in [-0.39, 0.29) is 17.7 Å². The van der Waals surface area contributed by atoms with E-state index >= 15 is 0 Å². The van der Waals surface area contributed by atoms with Crippen molar-refractivity contribution in [3.63, 3.8) is 0 Å². The molecular weight excluding hydrogens is 511 g/mol. The predicted octanol–water partition coefficient (Wildman–Crippen LogP) is 3.71. The summed E-state index contributed by atoms with van der Waals surface area (Å²) < 4.78 is 26.9. The maximum Gasteiger partial charge on any atom is 0.338 e. The van der Waals surface area contributed by atoms with E-state index in [1.807, 2.05) is 18.2 Å². The van der Waals surface area contributed by atoms with Crippen molar-refractivity contribution in [3.05, 3.63) is 94.8 Å². The van der Waals surface area contributed by atoms with Gasteiger partial charge in [0.15, 0.2) is 4.80 Å². The van der Waals surface area contributed by atoms with Crippen LogP contribution in [0.3, 0.4) is 0 Å². The summed E-state index contributed by atoms with van der Waals surface area (Å²) in [6, 6.07) is 10.4. The third-order valence-electron chi connectivity index (χ3n) is 5.19. The van der Waals surface area contributed by atoms with E-state index in [1.165, 1.54) is 28.0 Å². The predicted molar refractivity (Wildman–Crippen MR) is 127 cm³/mol. The molecule has 1 aliphatic heterocycles. The third kappa shape index (κ3) is 4.43. The van der Waals surface area contributed by atoms with E-state index in [2.05, 4.69) is 20.9 Å². The Labute approximate surface area is 201 Å². The molecule has 1 aromatic heterocycles. The fraction of sp³-hybridized carbons (Fsp3) is 0.208. The van der Waals surface area contributed by atoms with Crippen molar-refractivity contribution >= 4 is 39.3 Å². The number of thiazole rings is 1. The van der Waals surface area contributed by atoms with Gasteiger partial charge in [0.1, 0.15) is 11.6 Å². The highest BCUT2D eigenvalue weighted by atomic mass is 79.9. The van der Waals surface area contributed by atoms with Crippen LogP contribution in [0.2, 0.25) is 0 Å². The molecule has 3 aromatic rings. The van der Waals surface area contributed by atoms with E-state index in [1.54, 1.807) is 39.2 Å². The summed E-state index contributed by atoms with van der Waals surface area (Å²) in [6.45, 7) is 3.60. The van der Waals surface area contributed by atoms with Crippen molar-refractivity contribution < 1.29 is 18.7 Å². The molecule has 1 atom stereocenters. The van der Waals surface area contributed by atoms with Crippen molar-refractivity contribution in [1.29, 1.82) is 0 Å². The Balaban J connectivity index is 1.96. The first kappa shape index (κ1) is 23.1. The first-order chi connectivity index (χ1) is 15.8. The Hall–Kier alpha value is -3.04. The highest BCUT2D eigenvalue weighted by Crippen LogP contribution is 2.31. The number of esters is 1. The number of carbonyl (C=O) groups excluding carboxylic acids is 1. The topological polar surface area (TPSA) is 69.9 Å². The minimum Gasteiger partial charge on any atom is -0.497 e. The second-order valence-electron chi connectivity index (χ2n) is 7.24. The van der Waals surface area contributed by atoms with Crippen molar-refractivity contribution in [2.24, 2.45) is 4.99 Å². The van der Waals surface area contributed by atoms with Gasteiger partial charge in [-0.2, -0.15) is 0 Å². The first-order valence-electron chi connectivity index (χ1n) is 10.1. The van der Waals surface area contributed by atoms with Crippen LogP contribution >= 0.6 is 27.3 Å². The van der Waals surface area contributed by atoms with Gasteiger partial charge in [-0.3, -0.25) is 9.36 Å². The quantitative estimate of drug-likeness (QED) is 0.471. The summed E-state index contributed by atoms with van der Waals surface area (Å²) in [5.74, 6) is -0.313. The van der Waals surface area contributed by atoms with Gasteiger partial charge in [-0.05, 0) is 61.4 Å². The van der Waals surface area contributed by atoms with E-state index in [0.29, 0.717) is 26.3 Å². The molecule has 0 spiro atoms. The van der Waals surface area contributed by atoms with E-state index < -0.39 is 17.8 Å². The number of halogens is 2. The normalized spacial score (nSPS) is 15.8. The number of benzene rings is 2. The average molecular weight is 531 g/mol. The number of fused-ring (bicyclic) bond motifs is 1. The monoisotopic (exact) mass is 530 g/mol. The lowest BCUT2D eigenvalue weighted by Crippen LogP contribution is -2.39. The van der Waals surface area contributed by atoms with Crippen LogP contribution in [0.25, 0.3) is 6.08 Å². The van der Waals surface area contributed by atoms with Gasteiger partial charge in [0.05, 0.1) is 35.6 Å². The van der Waals surface area contributed by atoms with E-state index in [0.717, 1.165) is 10.0 Å². The lowest BCUT2D eigenvalue weighted by molar-refractivity contribution is -0.139. The summed E-state index contributed by atoms with van der Waals surface area (Å²) in [5, 5.41) is 0. The highest BCUT2D eigenvalue weighted by molar-refractivity contribution is 9.10. The highest BCUT2D eigenvalue weighted by Gasteiger charge is 2.33. The molecule has 0 saturated carbocycles. The lowest BCUT2D eigenvalue weighted by Gasteiger charge is -2.24. The number of hydrogen-bond acceptors (Lipinski definition) is 6. The number of aromatic nitrogens is 1. The van der Waals surface area contributed by atoms with Crippen LogP contribution in [0, 0.1) is 5.82 Å². The van der Waals surface area contributed by atoms with Crippen molar-refractivity contribution in [2.45, 2.75) is 19.9 Å². The van der Waals surface area contributed by atoms with Crippen molar-refractivity contribution in [3.8, 4) is 5.75 Å². The van der Waals surface area contributed by atoms with E-state index in [4.69, 9.17) is 9.47 Å². The first-order valence-corrected chi connectivity index (χ1v) is 11.7. The summed E-state index contributed by atoms with van der Waals surface area (Å²) >= 11 is 4.72. The zero-order chi connectivity index (χ0) is 23.7. The molecule has 0 saturated heterocycles. The number of allylic oxidation sites excluding steroid dienone is 1. The molecule has 0 amide bonds. The average Bonchev–Trinajstić information content (AvgIpc) is 3.09. The van der Waals surface area contributed by atoms with Crippen LogP contribution in [0.4, 0.5) is 4.39 Å². The fourth-order valence-corrected chi connectivity index (χ4v) is 5.05. The number of carbonyl (C=O) groups is 1. The number of methoxy groups -OCH3 is 1. The van der Waals surface area contributed by atoms with Gasteiger partial charge in [-0.25, -0.2) is 14.2 Å². The van der Waals surface area contributed by atoms with Gasteiger partial charge < -0.3 is 9.47 Å². The number of hydrogen-bond donors (Lipinski definition) is 0. The summed E-state index contributed by atoms with van der Waals surface area (Å²) in [5.41, 5.74) is 1.75. The molecule has 0 aliphatic carbocycles. The minimum atomic E-state index is -0.781. The minimum absolute atomic E-state index is 0.181. The van der Waals surface area contributed by atoms with Crippen molar-refractivity contribution in [2.75, 3.05) is 13.7 Å². The standard InChI is InChI=1S/C24H20BrFN2O4S/c1-4-32-23(30)20-13(2)27-24-28(21(20)14-5-7-16(26)8-6-14)22(29)19(33-24)12-15-11-17(31-3)9-10-18(15)25/h5-12,21H,4H2,1-3H3/b19-12-/t21-/m0/s1. The van der Waals surface area contributed by atoms with Gasteiger partial charge in [0.2, 0.25) is 0 Å². The molecule has 2 aromatic carbocycles. The van der Waals surface area contributed by atoms with Crippen LogP contribution in [-0.2, 0) is 9.53 Å². The second kappa shape index (κ2) is 9.44. The molecule has 0 bridgehead atoms. The Bertz CT molecular complexity index is 1440. The van der Waals surface area contributed by atoms with E-state index in [9.17, 15) is 14.0 Å². The van der Waals surface area contributed by atoms with Gasteiger partial charge in [0, 0.05) is 4.47 Å². The molecule has 0 radical (unpaired) electrons. The van der Waals surface area contributed by atoms with Crippen LogP contribution in [0.5, 0.6) is 5.75 Å². The molecule has 33 heavy (non-hydrogen) atoms. The van der Waals surface area contributed by atoms with Gasteiger partial charge >= 0.3 is 5.97 Å². The zero-order valence-electron chi connectivity index (χ0n) is 18.1. The Morgan fingerprint density at radius 1 is 1.27 bits per heavy atom. The van der Waals surface area contributed by atoms with Crippen LogP contribution in [0.15, 0.2) is 68.0 Å². The lowest BCUT2D eigenvalue weighted by atomic mass is 9.96. The third-order valence-corrected chi connectivity index (χ3v) is 6.90. The second-order valence-corrected chi connectivity index (χ2v) is 9.10. The Morgan fingerprint density at radius 3 is 2.67 bits per heavy atom. The largest absolute Gasteiger partial charge is 0.497 e. The molecular formula is C24H20BrFN2O4S. The smallest absolute Gasteiger partial charge is 0.338 e. The summed E-state index contributed by atoms with van der Waals surface area (Å²) in [6.07, 6.45) is 1.75. The Morgan fingerprint density at radius 2 is 2.00 bits per heavy atom. The molecule has 0 unspecified atom stereocenters. The Kier molecular flexibility index (Phi) is 6.62. The number of rotatable bonds is 5. The molecule has 2 heterocycles. The fourth-order valence-electron chi connectivity index (χ4n) is 3.65. The van der Waals surface area contributed by atoms with Gasteiger partial charge in [0.25, 0.3) is 5.56 Å². The van der Waals surface area contributed by atoms with Crippen LogP contribution < -0.4 is 19.6 Å². The molecule has 4 rings (SSSR count). The maximum atomic E-state index is 13.6. The number of ether oxygens (including phenoxy) is 2. The molecule has 9 heteroatoms. The molecule has 1 aliphatic rings. The molecule has 0 N–H and O–H groups in total. The maximum absolute atomic E-state index is 13.6. The summed E-state index contributed by atoms with van der Waals surface area (Å²) in [4.78, 5) is 31.4. The van der Waals surface area contributed by atoms with Crippen LogP contribution in [0.1, 0.15) is 31.0 Å².